The lowest BCUT2D eigenvalue weighted by Gasteiger charge is -2.23. The van der Waals surface area contributed by atoms with Crippen LogP contribution in [0, 0.1) is 0 Å². The highest BCUT2D eigenvalue weighted by Crippen LogP contribution is 2.17. The van der Waals surface area contributed by atoms with Crippen molar-refractivity contribution >= 4 is 11.8 Å². The molecule has 1 aliphatic carbocycles. The topological polar surface area (TPSA) is 70.2 Å². The Balaban J connectivity index is 2.24. The van der Waals surface area contributed by atoms with Gasteiger partial charge in [-0.15, -0.1) is 0 Å². The minimum atomic E-state index is -0.503. The van der Waals surface area contributed by atoms with Gasteiger partial charge in [0.15, 0.2) is 0 Å². The monoisotopic (exact) mass is 269 g/mol. The van der Waals surface area contributed by atoms with E-state index in [9.17, 15) is 9.59 Å². The molecule has 1 rings (SSSR count). The van der Waals surface area contributed by atoms with Crippen molar-refractivity contribution in [3.8, 4) is 0 Å². The minimum absolute atomic E-state index is 0.122. The Morgan fingerprint density at radius 2 is 1.79 bits per heavy atom. The smallest absolute Gasteiger partial charge is 0.242 e. The molecule has 0 aliphatic heterocycles. The predicted octanol–water partition coefficient (Wildman–Crippen LogP) is 0.938. The zero-order chi connectivity index (χ0) is 14.5. The van der Waals surface area contributed by atoms with E-state index in [1.807, 2.05) is 20.8 Å². The summed E-state index contributed by atoms with van der Waals surface area (Å²) in [5.41, 5.74) is -0.280. The zero-order valence-corrected chi connectivity index (χ0v) is 12.5. The lowest BCUT2D eigenvalue weighted by atomic mass is 10.1. The Kier molecular flexibility index (Phi) is 5.79. The van der Waals surface area contributed by atoms with E-state index >= 15 is 0 Å². The zero-order valence-electron chi connectivity index (χ0n) is 12.5. The molecule has 1 unspecified atom stereocenters. The molecule has 19 heavy (non-hydrogen) atoms. The standard InChI is InChI=1S/C14H27N3O2/c1-10(13(19)17-14(2,3)4)16-12(18)9-15-11-7-5-6-8-11/h10-11,15H,5-9H2,1-4H3,(H,16,18)(H,17,19). The van der Waals surface area contributed by atoms with Crippen LogP contribution in [-0.2, 0) is 9.59 Å². The molecule has 0 bridgehead atoms. The Morgan fingerprint density at radius 3 is 2.32 bits per heavy atom. The van der Waals surface area contributed by atoms with Crippen LogP contribution in [0.25, 0.3) is 0 Å². The molecule has 0 aromatic carbocycles. The summed E-state index contributed by atoms with van der Waals surface area (Å²) in [5.74, 6) is -0.273. The Hall–Kier alpha value is -1.10. The van der Waals surface area contributed by atoms with E-state index in [0.717, 1.165) is 12.8 Å². The first-order chi connectivity index (χ1) is 8.78. The van der Waals surface area contributed by atoms with E-state index in [0.29, 0.717) is 6.04 Å². The van der Waals surface area contributed by atoms with Crippen LogP contribution in [0.15, 0.2) is 0 Å². The van der Waals surface area contributed by atoms with Gasteiger partial charge < -0.3 is 16.0 Å². The summed E-state index contributed by atoms with van der Waals surface area (Å²) in [6, 6.07) is -0.0402. The van der Waals surface area contributed by atoms with Crippen molar-refractivity contribution in [2.24, 2.45) is 0 Å². The largest absolute Gasteiger partial charge is 0.350 e. The Bertz CT molecular complexity index is 317. The van der Waals surface area contributed by atoms with Crippen LogP contribution < -0.4 is 16.0 Å². The van der Waals surface area contributed by atoms with Gasteiger partial charge in [0.2, 0.25) is 11.8 Å². The lowest BCUT2D eigenvalue weighted by Crippen LogP contribution is -2.52. The third kappa shape index (κ3) is 6.57. The highest BCUT2D eigenvalue weighted by molar-refractivity contribution is 5.88. The number of nitrogens with one attached hydrogen (secondary N) is 3. The molecular weight excluding hydrogens is 242 g/mol. The van der Waals surface area contributed by atoms with Gasteiger partial charge in [-0.2, -0.15) is 0 Å². The summed E-state index contributed by atoms with van der Waals surface area (Å²) < 4.78 is 0. The molecule has 3 N–H and O–H groups in total. The van der Waals surface area contributed by atoms with Crippen LogP contribution in [0.1, 0.15) is 53.4 Å². The molecule has 1 atom stereocenters. The Labute approximate surface area is 115 Å². The molecule has 0 aromatic heterocycles. The van der Waals surface area contributed by atoms with Gasteiger partial charge in [-0.3, -0.25) is 9.59 Å². The molecule has 0 heterocycles. The number of rotatable bonds is 5. The highest BCUT2D eigenvalue weighted by atomic mass is 16.2. The fourth-order valence-electron chi connectivity index (χ4n) is 2.20. The third-order valence-corrected chi connectivity index (χ3v) is 3.18. The number of carbonyl (C=O) groups is 2. The summed E-state index contributed by atoms with van der Waals surface area (Å²) in [6.45, 7) is 7.75. The molecule has 2 amide bonds. The molecule has 1 saturated carbocycles. The van der Waals surface area contributed by atoms with Crippen molar-refractivity contribution in [2.75, 3.05) is 6.54 Å². The first-order valence-corrected chi connectivity index (χ1v) is 7.13. The molecule has 0 aromatic rings. The molecular formula is C14H27N3O2. The molecule has 0 radical (unpaired) electrons. The van der Waals surface area contributed by atoms with E-state index in [-0.39, 0.29) is 23.9 Å². The second-order valence-corrected chi connectivity index (χ2v) is 6.39. The molecule has 5 nitrogen and oxygen atoms in total. The fraction of sp³-hybridized carbons (Fsp3) is 0.857. The van der Waals surface area contributed by atoms with Crippen LogP contribution in [0.5, 0.6) is 0 Å². The molecule has 0 saturated heterocycles. The summed E-state index contributed by atoms with van der Waals surface area (Å²) >= 11 is 0. The van der Waals surface area contributed by atoms with E-state index < -0.39 is 6.04 Å². The van der Waals surface area contributed by atoms with Gasteiger partial charge in [0.05, 0.1) is 6.54 Å². The number of hydrogen-bond acceptors (Lipinski definition) is 3. The summed E-state index contributed by atoms with van der Waals surface area (Å²) in [6.07, 6.45) is 4.77. The average Bonchev–Trinajstić information content (AvgIpc) is 2.76. The van der Waals surface area contributed by atoms with E-state index in [4.69, 9.17) is 0 Å². The van der Waals surface area contributed by atoms with E-state index in [2.05, 4.69) is 16.0 Å². The maximum atomic E-state index is 11.8. The minimum Gasteiger partial charge on any atom is -0.350 e. The van der Waals surface area contributed by atoms with Gasteiger partial charge in [-0.05, 0) is 40.5 Å². The molecule has 0 spiro atoms. The van der Waals surface area contributed by atoms with Crippen molar-refractivity contribution < 1.29 is 9.59 Å². The van der Waals surface area contributed by atoms with E-state index in [1.54, 1.807) is 6.92 Å². The van der Waals surface area contributed by atoms with E-state index in [1.165, 1.54) is 12.8 Å². The second kappa shape index (κ2) is 6.89. The fourth-order valence-corrected chi connectivity index (χ4v) is 2.20. The van der Waals surface area contributed by atoms with Crippen molar-refractivity contribution in [3.05, 3.63) is 0 Å². The van der Waals surface area contributed by atoms with Crippen molar-refractivity contribution in [2.45, 2.75) is 71.0 Å². The number of amides is 2. The first kappa shape index (κ1) is 16.0. The normalized spacial score (nSPS) is 18.1. The quantitative estimate of drug-likeness (QED) is 0.695. The lowest BCUT2D eigenvalue weighted by molar-refractivity contribution is -0.129. The van der Waals surface area contributed by atoms with Crippen LogP contribution in [0.2, 0.25) is 0 Å². The van der Waals surface area contributed by atoms with Crippen molar-refractivity contribution in [1.29, 1.82) is 0 Å². The number of carbonyl (C=O) groups excluding carboxylic acids is 2. The van der Waals surface area contributed by atoms with Gasteiger partial charge in [-0.1, -0.05) is 12.8 Å². The molecule has 1 aliphatic rings. The van der Waals surface area contributed by atoms with Crippen LogP contribution in [0.3, 0.4) is 0 Å². The summed E-state index contributed by atoms with van der Waals surface area (Å²) in [7, 11) is 0. The molecule has 1 fully saturated rings. The molecule has 110 valence electrons. The maximum Gasteiger partial charge on any atom is 0.242 e. The average molecular weight is 269 g/mol. The first-order valence-electron chi connectivity index (χ1n) is 7.13. The Morgan fingerprint density at radius 1 is 1.21 bits per heavy atom. The van der Waals surface area contributed by atoms with Crippen LogP contribution in [-0.4, -0.2) is 36.0 Å². The maximum absolute atomic E-state index is 11.8. The van der Waals surface area contributed by atoms with Gasteiger partial charge in [0, 0.05) is 11.6 Å². The van der Waals surface area contributed by atoms with Gasteiger partial charge in [0.25, 0.3) is 0 Å². The summed E-state index contributed by atoms with van der Waals surface area (Å²) in [5, 5.41) is 8.79. The third-order valence-electron chi connectivity index (χ3n) is 3.18. The van der Waals surface area contributed by atoms with Crippen LogP contribution >= 0.6 is 0 Å². The van der Waals surface area contributed by atoms with Crippen molar-refractivity contribution in [3.63, 3.8) is 0 Å². The summed E-state index contributed by atoms with van der Waals surface area (Å²) in [4.78, 5) is 23.5. The SMILES string of the molecule is CC(NC(=O)CNC1CCCC1)C(=O)NC(C)(C)C. The van der Waals surface area contributed by atoms with Gasteiger partial charge in [0.1, 0.15) is 6.04 Å². The highest BCUT2D eigenvalue weighted by Gasteiger charge is 2.21. The van der Waals surface area contributed by atoms with Crippen LogP contribution in [0.4, 0.5) is 0 Å². The predicted molar refractivity (Wildman–Crippen MR) is 75.8 cm³/mol. The second-order valence-electron chi connectivity index (χ2n) is 6.39. The van der Waals surface area contributed by atoms with Crippen molar-refractivity contribution in [1.82, 2.24) is 16.0 Å². The number of hydrogen-bond donors (Lipinski definition) is 3. The molecule has 5 heteroatoms. The van der Waals surface area contributed by atoms with Gasteiger partial charge in [-0.25, -0.2) is 0 Å². The van der Waals surface area contributed by atoms with Gasteiger partial charge >= 0.3 is 0 Å².